The van der Waals surface area contributed by atoms with E-state index in [1.807, 2.05) is 0 Å². The van der Waals surface area contributed by atoms with E-state index in [1.54, 1.807) is 0 Å². The molecule has 3 fully saturated rings. The molecule has 2 saturated heterocycles. The van der Waals surface area contributed by atoms with Gasteiger partial charge in [0.2, 0.25) is 6.29 Å². The van der Waals surface area contributed by atoms with Crippen LogP contribution in [0.25, 0.3) is 0 Å². The monoisotopic (exact) mass is 192 g/mol. The Morgan fingerprint density at radius 3 is 3.07 bits per heavy atom. The summed E-state index contributed by atoms with van der Waals surface area (Å²) in [5, 5.41) is 0. The van der Waals surface area contributed by atoms with Gasteiger partial charge in [-0.3, -0.25) is 4.79 Å². The van der Waals surface area contributed by atoms with Crippen LogP contribution in [0, 0.1) is 23.7 Å². The molecule has 0 aromatic heterocycles. The van der Waals surface area contributed by atoms with Gasteiger partial charge in [-0.2, -0.15) is 0 Å². The molecule has 0 unspecified atom stereocenters. The maximum atomic E-state index is 12.0. The average Bonchev–Trinajstić information content (AvgIpc) is 2.89. The normalized spacial score (nSPS) is 58.1. The van der Waals surface area contributed by atoms with E-state index in [0.717, 1.165) is 6.42 Å². The second kappa shape index (κ2) is 2.28. The minimum atomic E-state index is -0.533. The van der Waals surface area contributed by atoms with E-state index in [0.29, 0.717) is 24.4 Å². The van der Waals surface area contributed by atoms with Crippen molar-refractivity contribution in [3.63, 3.8) is 0 Å². The van der Waals surface area contributed by atoms with Crippen molar-refractivity contribution in [2.75, 3.05) is 6.61 Å². The van der Waals surface area contributed by atoms with Crippen molar-refractivity contribution in [3.8, 4) is 0 Å². The number of rotatable bonds is 0. The van der Waals surface area contributed by atoms with Crippen molar-refractivity contribution in [2.45, 2.75) is 18.8 Å². The van der Waals surface area contributed by atoms with E-state index in [1.165, 1.54) is 0 Å². The predicted octanol–water partition coefficient (Wildman–Crippen LogP) is 0.749. The summed E-state index contributed by atoms with van der Waals surface area (Å²) in [6.07, 6.45) is 5.29. The molecule has 1 saturated carbocycles. The standard InChI is InChI=1S/C11H12O3/c12-10-9-6-2-1-5(3-6)8(9)7-4-13-11(10)14-7/h1-2,5-9,11H,3-4H2/t5-,6-,7-,8-,9-,11-/m0/s1. The summed E-state index contributed by atoms with van der Waals surface area (Å²) in [4.78, 5) is 12.0. The molecular formula is C11H12O3. The van der Waals surface area contributed by atoms with E-state index < -0.39 is 6.29 Å². The molecule has 2 heterocycles. The molecule has 0 radical (unpaired) electrons. The average molecular weight is 192 g/mol. The summed E-state index contributed by atoms with van der Waals surface area (Å²) in [6, 6.07) is 0. The summed E-state index contributed by atoms with van der Waals surface area (Å²) in [5.74, 6) is 1.86. The lowest BCUT2D eigenvalue weighted by Crippen LogP contribution is -2.45. The third-order valence-electron chi connectivity index (χ3n) is 4.22. The highest BCUT2D eigenvalue weighted by atomic mass is 16.7. The predicted molar refractivity (Wildman–Crippen MR) is 47.3 cm³/mol. The highest BCUT2D eigenvalue weighted by Gasteiger charge is 2.59. The van der Waals surface area contributed by atoms with Crippen LogP contribution in [0.5, 0.6) is 0 Å². The highest BCUT2D eigenvalue weighted by Crippen LogP contribution is 2.54. The second-order valence-electron chi connectivity index (χ2n) is 4.79. The van der Waals surface area contributed by atoms with Crippen LogP contribution in [-0.2, 0) is 14.3 Å². The first-order valence-electron chi connectivity index (χ1n) is 5.34. The highest BCUT2D eigenvalue weighted by molar-refractivity contribution is 5.87. The molecule has 0 spiro atoms. The van der Waals surface area contributed by atoms with Gasteiger partial charge >= 0.3 is 0 Å². The van der Waals surface area contributed by atoms with Gasteiger partial charge in [0.05, 0.1) is 12.7 Å². The Labute approximate surface area is 82.1 Å². The fourth-order valence-electron chi connectivity index (χ4n) is 3.70. The zero-order chi connectivity index (χ0) is 9.28. The van der Waals surface area contributed by atoms with Gasteiger partial charge in [0.25, 0.3) is 0 Å². The lowest BCUT2D eigenvalue weighted by atomic mass is 9.76. The fraction of sp³-hybridized carbons (Fsp3) is 0.727. The molecule has 4 bridgehead atoms. The summed E-state index contributed by atoms with van der Waals surface area (Å²) >= 11 is 0. The van der Waals surface area contributed by atoms with E-state index in [9.17, 15) is 4.79 Å². The van der Waals surface area contributed by atoms with Crippen LogP contribution in [0.15, 0.2) is 12.2 Å². The molecule has 2 aliphatic carbocycles. The maximum absolute atomic E-state index is 12.0. The number of ether oxygens (including phenoxy) is 2. The Bertz CT molecular complexity index is 335. The van der Waals surface area contributed by atoms with Crippen LogP contribution in [0.2, 0.25) is 0 Å². The third kappa shape index (κ3) is 0.708. The minimum Gasteiger partial charge on any atom is -0.343 e. The minimum absolute atomic E-state index is 0.183. The summed E-state index contributed by atoms with van der Waals surface area (Å²) < 4.78 is 10.9. The van der Waals surface area contributed by atoms with Gasteiger partial charge in [0.15, 0.2) is 5.78 Å². The van der Waals surface area contributed by atoms with Crippen LogP contribution in [-0.4, -0.2) is 24.8 Å². The topological polar surface area (TPSA) is 35.5 Å². The first-order chi connectivity index (χ1) is 6.84. The molecule has 4 aliphatic rings. The van der Waals surface area contributed by atoms with Crippen molar-refractivity contribution in [1.82, 2.24) is 0 Å². The van der Waals surface area contributed by atoms with Crippen molar-refractivity contribution in [1.29, 1.82) is 0 Å². The Balaban J connectivity index is 1.81. The van der Waals surface area contributed by atoms with Crippen molar-refractivity contribution in [2.24, 2.45) is 23.7 Å². The molecule has 6 atom stereocenters. The number of carbonyl (C=O) groups is 1. The van der Waals surface area contributed by atoms with E-state index in [-0.39, 0.29) is 17.8 Å². The zero-order valence-electron chi connectivity index (χ0n) is 7.76. The van der Waals surface area contributed by atoms with Gasteiger partial charge < -0.3 is 9.47 Å². The molecule has 4 rings (SSSR count). The number of hydrogen-bond donors (Lipinski definition) is 0. The maximum Gasteiger partial charge on any atom is 0.218 e. The van der Waals surface area contributed by atoms with Crippen LogP contribution >= 0.6 is 0 Å². The number of hydrogen-bond acceptors (Lipinski definition) is 3. The van der Waals surface area contributed by atoms with Gasteiger partial charge in [0, 0.05) is 11.8 Å². The largest absolute Gasteiger partial charge is 0.343 e. The van der Waals surface area contributed by atoms with Crippen molar-refractivity contribution in [3.05, 3.63) is 12.2 Å². The Morgan fingerprint density at radius 1 is 1.29 bits per heavy atom. The van der Waals surface area contributed by atoms with Gasteiger partial charge in [-0.1, -0.05) is 12.2 Å². The third-order valence-corrected chi connectivity index (χ3v) is 4.22. The molecule has 2 aliphatic heterocycles. The summed E-state index contributed by atoms with van der Waals surface area (Å²) in [6.45, 7) is 0.620. The van der Waals surface area contributed by atoms with Crippen LogP contribution < -0.4 is 0 Å². The molecule has 3 heteroatoms. The van der Waals surface area contributed by atoms with Gasteiger partial charge in [-0.05, 0) is 18.3 Å². The summed E-state index contributed by atoms with van der Waals surface area (Å²) in [7, 11) is 0. The van der Waals surface area contributed by atoms with Crippen LogP contribution in [0.3, 0.4) is 0 Å². The molecule has 0 aromatic carbocycles. The molecule has 3 nitrogen and oxygen atoms in total. The number of Topliss-reactive ketones (excluding diaryl/α,β-unsaturated/α-hetero) is 1. The van der Waals surface area contributed by atoms with Gasteiger partial charge in [-0.25, -0.2) is 0 Å². The number of fused-ring (bicyclic) bond motifs is 8. The number of carbonyl (C=O) groups excluding carboxylic acids is 1. The van der Waals surface area contributed by atoms with Crippen LogP contribution in [0.4, 0.5) is 0 Å². The number of ketones is 1. The molecule has 14 heavy (non-hydrogen) atoms. The Hall–Kier alpha value is -0.670. The fourth-order valence-corrected chi connectivity index (χ4v) is 3.70. The lowest BCUT2D eigenvalue weighted by molar-refractivity contribution is -0.166. The second-order valence-corrected chi connectivity index (χ2v) is 4.79. The van der Waals surface area contributed by atoms with Crippen molar-refractivity contribution < 1.29 is 14.3 Å². The molecule has 74 valence electrons. The van der Waals surface area contributed by atoms with Crippen molar-refractivity contribution >= 4 is 5.78 Å². The smallest absolute Gasteiger partial charge is 0.218 e. The quantitative estimate of drug-likeness (QED) is 0.531. The Morgan fingerprint density at radius 2 is 2.14 bits per heavy atom. The van der Waals surface area contributed by atoms with Gasteiger partial charge in [-0.15, -0.1) is 0 Å². The summed E-state index contributed by atoms with van der Waals surface area (Å²) in [5.41, 5.74) is 0. The van der Waals surface area contributed by atoms with E-state index >= 15 is 0 Å². The SMILES string of the molecule is O=C1[C@H]2OC[C@H](O2)[C@H]2[C@@H]1[C@H]1C=C[C@H]2C1. The van der Waals surface area contributed by atoms with E-state index in [4.69, 9.17) is 9.47 Å². The Kier molecular flexibility index (Phi) is 1.24. The number of allylic oxidation sites excluding steroid dienone is 2. The molecule has 0 N–H and O–H groups in total. The first-order valence-corrected chi connectivity index (χ1v) is 5.34. The van der Waals surface area contributed by atoms with Crippen LogP contribution in [0.1, 0.15) is 6.42 Å². The lowest BCUT2D eigenvalue weighted by Gasteiger charge is -2.34. The van der Waals surface area contributed by atoms with E-state index in [2.05, 4.69) is 12.2 Å². The molecule has 0 aromatic rings. The molecular weight excluding hydrogens is 180 g/mol. The van der Waals surface area contributed by atoms with Gasteiger partial charge in [0.1, 0.15) is 0 Å². The molecule has 0 amide bonds. The first kappa shape index (κ1) is 7.60. The zero-order valence-corrected chi connectivity index (χ0v) is 7.76.